The van der Waals surface area contributed by atoms with Gasteiger partial charge in [0, 0.05) is 37.5 Å². The second-order valence-electron chi connectivity index (χ2n) is 13.1. The number of benzene rings is 1. The molecule has 1 amide bonds. The van der Waals surface area contributed by atoms with E-state index in [0.29, 0.717) is 43.7 Å². The summed E-state index contributed by atoms with van der Waals surface area (Å²) < 4.78 is 42.0. The van der Waals surface area contributed by atoms with Crippen LogP contribution in [0.25, 0.3) is 10.9 Å². The van der Waals surface area contributed by atoms with Crippen molar-refractivity contribution < 1.29 is 23.0 Å². The highest BCUT2D eigenvalue weighted by Gasteiger charge is 2.49. The van der Waals surface area contributed by atoms with Crippen molar-refractivity contribution in [3.8, 4) is 6.01 Å². The van der Waals surface area contributed by atoms with Gasteiger partial charge in [0.2, 0.25) is 0 Å². The Bertz CT molecular complexity index is 1340. The Balaban J connectivity index is 1.38. The van der Waals surface area contributed by atoms with E-state index in [9.17, 15) is 9.18 Å². The van der Waals surface area contributed by atoms with Crippen LogP contribution in [-0.4, -0.2) is 88.0 Å². The number of piperazine rings is 1. The van der Waals surface area contributed by atoms with Crippen molar-refractivity contribution in [2.45, 2.75) is 102 Å². The number of aromatic nitrogens is 2. The third kappa shape index (κ3) is 5.31. The minimum absolute atomic E-state index is 0.0260. The highest BCUT2D eigenvalue weighted by atomic mass is 35.5. The molecule has 4 atom stereocenters. The van der Waals surface area contributed by atoms with Gasteiger partial charge in [-0.2, -0.15) is 9.97 Å². The lowest BCUT2D eigenvalue weighted by atomic mass is 9.93. The van der Waals surface area contributed by atoms with Crippen LogP contribution in [0.2, 0.25) is 5.02 Å². The maximum atomic E-state index is 15.6. The standard InChI is InChI=1S/C30H40ClF2N5O3/c1-5-20-15-37-21(16-38(20)28(39)41-29(2,3)4)9-6-8-18-12-22(31)24(33)25-23(18)26(37)35-27(34-25)40-17-30-10-7-11-36(30)14-19(32)13-30/h12,19-21H,5-11,13-17H2,1-4H3/t19-,20-,21-,30+/m1/s1. The van der Waals surface area contributed by atoms with Crippen molar-refractivity contribution in [2.75, 3.05) is 37.7 Å². The topological polar surface area (TPSA) is 71.0 Å². The summed E-state index contributed by atoms with van der Waals surface area (Å²) in [6.07, 6.45) is 4.16. The van der Waals surface area contributed by atoms with Crippen LogP contribution in [0.1, 0.15) is 71.8 Å². The van der Waals surface area contributed by atoms with Gasteiger partial charge < -0.3 is 19.3 Å². The molecule has 6 rings (SSSR count). The number of nitrogens with zero attached hydrogens (tertiary/aromatic N) is 5. The van der Waals surface area contributed by atoms with Gasteiger partial charge >= 0.3 is 12.1 Å². The zero-order valence-electron chi connectivity index (χ0n) is 24.4. The number of alkyl halides is 1. The van der Waals surface area contributed by atoms with E-state index in [1.54, 1.807) is 6.07 Å². The van der Waals surface area contributed by atoms with Crippen molar-refractivity contribution in [2.24, 2.45) is 0 Å². The Hall–Kier alpha value is -2.46. The average molecular weight is 592 g/mol. The van der Waals surface area contributed by atoms with Crippen LogP contribution in [0.3, 0.4) is 0 Å². The maximum Gasteiger partial charge on any atom is 0.410 e. The van der Waals surface area contributed by atoms with Gasteiger partial charge in [0.25, 0.3) is 0 Å². The molecule has 3 fully saturated rings. The molecule has 3 saturated heterocycles. The van der Waals surface area contributed by atoms with Gasteiger partial charge in [0.1, 0.15) is 29.7 Å². The number of rotatable bonds is 4. The first kappa shape index (κ1) is 28.6. The van der Waals surface area contributed by atoms with E-state index >= 15 is 4.39 Å². The minimum Gasteiger partial charge on any atom is -0.461 e. The van der Waals surface area contributed by atoms with E-state index in [0.717, 1.165) is 44.2 Å². The summed E-state index contributed by atoms with van der Waals surface area (Å²) in [5.74, 6) is 0.0129. The first-order chi connectivity index (χ1) is 19.5. The summed E-state index contributed by atoms with van der Waals surface area (Å²) in [5.41, 5.74) is 0.0809. The number of carbonyl (C=O) groups is 1. The summed E-state index contributed by atoms with van der Waals surface area (Å²) >= 11 is 6.36. The van der Waals surface area contributed by atoms with Crippen molar-refractivity contribution in [1.29, 1.82) is 0 Å². The van der Waals surface area contributed by atoms with Gasteiger partial charge in [-0.3, -0.25) is 4.90 Å². The van der Waals surface area contributed by atoms with E-state index in [2.05, 4.69) is 21.7 Å². The molecule has 11 heteroatoms. The molecule has 0 spiro atoms. The summed E-state index contributed by atoms with van der Waals surface area (Å²) in [5, 5.41) is 0.674. The van der Waals surface area contributed by atoms with Gasteiger partial charge in [0.05, 0.1) is 16.6 Å². The lowest BCUT2D eigenvalue weighted by molar-refractivity contribution is 0.00954. The van der Waals surface area contributed by atoms with Gasteiger partial charge in [0.15, 0.2) is 5.82 Å². The molecule has 2 aromatic rings. The van der Waals surface area contributed by atoms with Gasteiger partial charge in [-0.1, -0.05) is 18.5 Å². The number of halogens is 3. The van der Waals surface area contributed by atoms with E-state index in [-0.39, 0.29) is 46.9 Å². The molecule has 8 nitrogen and oxygen atoms in total. The van der Waals surface area contributed by atoms with E-state index in [1.165, 1.54) is 0 Å². The smallest absolute Gasteiger partial charge is 0.410 e. The monoisotopic (exact) mass is 591 g/mol. The first-order valence-corrected chi connectivity index (χ1v) is 15.3. The molecule has 4 aliphatic heterocycles. The number of aryl methyl sites for hydroxylation is 1. The van der Waals surface area contributed by atoms with Crippen molar-refractivity contribution >= 4 is 34.4 Å². The number of ether oxygens (including phenoxy) is 2. The van der Waals surface area contributed by atoms with Crippen molar-refractivity contribution in [3.63, 3.8) is 0 Å². The number of amides is 1. The molecule has 0 radical (unpaired) electrons. The molecule has 4 aliphatic rings. The molecule has 5 heterocycles. The zero-order chi connectivity index (χ0) is 29.1. The van der Waals surface area contributed by atoms with Crippen LogP contribution in [-0.2, 0) is 11.2 Å². The van der Waals surface area contributed by atoms with Gasteiger partial charge in [-0.25, -0.2) is 13.6 Å². The van der Waals surface area contributed by atoms with Crippen LogP contribution < -0.4 is 9.64 Å². The molecule has 1 aromatic carbocycles. The third-order valence-corrected chi connectivity index (χ3v) is 9.47. The summed E-state index contributed by atoms with van der Waals surface area (Å²) in [6, 6.07) is 1.62. The number of fused-ring (bicyclic) bond motifs is 3. The molecule has 0 bridgehead atoms. The lowest BCUT2D eigenvalue weighted by Gasteiger charge is -2.47. The molecule has 41 heavy (non-hydrogen) atoms. The third-order valence-electron chi connectivity index (χ3n) is 9.19. The minimum atomic E-state index is -0.878. The molecular formula is C30H40ClF2N5O3. The van der Waals surface area contributed by atoms with Crippen LogP contribution in [0, 0.1) is 5.82 Å². The van der Waals surface area contributed by atoms with Crippen LogP contribution >= 0.6 is 11.6 Å². The van der Waals surface area contributed by atoms with E-state index < -0.39 is 17.6 Å². The first-order valence-electron chi connectivity index (χ1n) is 14.9. The number of carbonyl (C=O) groups excluding carboxylic acids is 1. The second-order valence-corrected chi connectivity index (χ2v) is 13.5. The number of anilines is 1. The average Bonchev–Trinajstić information content (AvgIpc) is 3.43. The normalized spacial score (nSPS) is 28.3. The fourth-order valence-electron chi connectivity index (χ4n) is 7.28. The molecular weight excluding hydrogens is 552 g/mol. The fourth-order valence-corrected chi connectivity index (χ4v) is 7.50. The highest BCUT2D eigenvalue weighted by Crippen LogP contribution is 2.42. The quantitative estimate of drug-likeness (QED) is 0.437. The van der Waals surface area contributed by atoms with Crippen LogP contribution in [0.4, 0.5) is 19.4 Å². The lowest BCUT2D eigenvalue weighted by Crippen LogP contribution is -2.61. The second kappa shape index (κ2) is 10.7. The van der Waals surface area contributed by atoms with E-state index in [1.807, 2.05) is 25.7 Å². The van der Waals surface area contributed by atoms with Crippen molar-refractivity contribution in [1.82, 2.24) is 19.8 Å². The van der Waals surface area contributed by atoms with Crippen LogP contribution in [0.5, 0.6) is 6.01 Å². The zero-order valence-corrected chi connectivity index (χ0v) is 25.1. The van der Waals surface area contributed by atoms with Gasteiger partial charge in [-0.15, -0.1) is 0 Å². The highest BCUT2D eigenvalue weighted by molar-refractivity contribution is 6.31. The molecule has 0 aliphatic carbocycles. The maximum absolute atomic E-state index is 15.6. The Morgan fingerprint density at radius 1 is 1.22 bits per heavy atom. The largest absolute Gasteiger partial charge is 0.461 e. The summed E-state index contributed by atoms with van der Waals surface area (Å²) in [7, 11) is 0. The molecule has 224 valence electrons. The predicted octanol–water partition coefficient (Wildman–Crippen LogP) is 5.92. The number of hydrogen-bond donors (Lipinski definition) is 0. The Labute approximate surface area is 245 Å². The molecule has 0 saturated carbocycles. The Kier molecular flexibility index (Phi) is 7.46. The molecule has 0 N–H and O–H groups in total. The fraction of sp³-hybridized carbons (Fsp3) is 0.700. The van der Waals surface area contributed by atoms with Gasteiger partial charge in [-0.05, 0) is 77.5 Å². The summed E-state index contributed by atoms with van der Waals surface area (Å²) in [6.45, 7) is 10.2. The molecule has 1 aromatic heterocycles. The molecule has 0 unspecified atom stereocenters. The van der Waals surface area contributed by atoms with Crippen LogP contribution in [0.15, 0.2) is 6.07 Å². The Morgan fingerprint density at radius 3 is 2.78 bits per heavy atom. The predicted molar refractivity (Wildman–Crippen MR) is 154 cm³/mol. The van der Waals surface area contributed by atoms with Crippen molar-refractivity contribution in [3.05, 3.63) is 22.5 Å². The number of hydrogen-bond acceptors (Lipinski definition) is 7. The SMILES string of the molecule is CC[C@@H]1CN2c3nc(OC[C@@]45CCCN4C[C@H](F)C5)nc4c(F)c(Cl)cc(c34)CCC[C@@H]2CN1C(=O)OC(C)(C)C. The van der Waals surface area contributed by atoms with E-state index in [4.69, 9.17) is 26.1 Å². The summed E-state index contributed by atoms with van der Waals surface area (Å²) in [4.78, 5) is 28.9. The Morgan fingerprint density at radius 2 is 2.02 bits per heavy atom.